The van der Waals surface area contributed by atoms with Crippen LogP contribution in [0.5, 0.6) is 0 Å². The minimum absolute atomic E-state index is 0.0161. The molecule has 28 heavy (non-hydrogen) atoms. The van der Waals surface area contributed by atoms with Gasteiger partial charge < -0.3 is 15.2 Å². The number of ether oxygens (including phenoxy) is 1. The molecule has 0 radical (unpaired) electrons. The van der Waals surface area contributed by atoms with Crippen molar-refractivity contribution in [1.29, 1.82) is 0 Å². The molecule has 0 atom stereocenters. The summed E-state index contributed by atoms with van der Waals surface area (Å²) in [5.74, 6) is -1.06. The zero-order chi connectivity index (χ0) is 19.5. The number of alkyl carbamates (subject to hydrolysis) is 1. The summed E-state index contributed by atoms with van der Waals surface area (Å²) in [4.78, 5) is 22.9. The number of carboxylic acids is 1. The summed E-state index contributed by atoms with van der Waals surface area (Å²) in [5.41, 5.74) is 4.66. The molecule has 0 unspecified atom stereocenters. The van der Waals surface area contributed by atoms with Gasteiger partial charge in [-0.15, -0.1) is 0 Å². The SMILES string of the molecule is O=C(NCCn1ccc(C(=O)O)n1)OCC1c2ccccc2-c2ccccc21. The lowest BCUT2D eigenvalue weighted by Gasteiger charge is -2.14. The van der Waals surface area contributed by atoms with Crippen LogP contribution < -0.4 is 5.32 Å². The lowest BCUT2D eigenvalue weighted by atomic mass is 9.98. The van der Waals surface area contributed by atoms with E-state index in [0.29, 0.717) is 6.54 Å². The minimum Gasteiger partial charge on any atom is -0.476 e. The Labute approximate surface area is 161 Å². The van der Waals surface area contributed by atoms with Crippen LogP contribution in [0.25, 0.3) is 11.1 Å². The van der Waals surface area contributed by atoms with Gasteiger partial charge in [-0.3, -0.25) is 4.68 Å². The van der Waals surface area contributed by atoms with Gasteiger partial charge in [0.2, 0.25) is 0 Å². The first-order chi connectivity index (χ1) is 13.6. The molecular weight excluding hydrogens is 358 g/mol. The van der Waals surface area contributed by atoms with E-state index >= 15 is 0 Å². The standard InChI is InChI=1S/C21H19N3O4/c25-20(26)19-9-11-24(23-19)12-10-22-21(27)28-13-18-16-7-3-1-5-14(16)15-6-2-4-8-17(15)18/h1-9,11,18H,10,12-13H2,(H,22,27)(H,25,26). The molecule has 4 rings (SSSR count). The van der Waals surface area contributed by atoms with Gasteiger partial charge in [0.05, 0.1) is 6.54 Å². The highest BCUT2D eigenvalue weighted by atomic mass is 16.5. The molecule has 2 aromatic carbocycles. The van der Waals surface area contributed by atoms with Crippen molar-refractivity contribution >= 4 is 12.1 Å². The van der Waals surface area contributed by atoms with Crippen LogP contribution in [0.3, 0.4) is 0 Å². The summed E-state index contributed by atoms with van der Waals surface area (Å²) in [6.07, 6.45) is 1.05. The summed E-state index contributed by atoms with van der Waals surface area (Å²) < 4.78 is 6.91. The van der Waals surface area contributed by atoms with E-state index in [9.17, 15) is 9.59 Å². The number of benzene rings is 2. The van der Waals surface area contributed by atoms with Crippen molar-refractivity contribution in [2.75, 3.05) is 13.2 Å². The number of nitrogens with one attached hydrogen (secondary N) is 1. The van der Waals surface area contributed by atoms with Gasteiger partial charge in [0.25, 0.3) is 0 Å². The van der Waals surface area contributed by atoms with Crippen molar-refractivity contribution in [3.05, 3.63) is 77.6 Å². The molecule has 0 bridgehead atoms. The fourth-order valence-electron chi connectivity index (χ4n) is 3.52. The molecule has 1 aliphatic carbocycles. The Morgan fingerprint density at radius 2 is 1.68 bits per heavy atom. The molecule has 0 saturated carbocycles. The van der Waals surface area contributed by atoms with E-state index in [2.05, 4.69) is 34.7 Å². The van der Waals surface area contributed by atoms with Crippen molar-refractivity contribution in [2.24, 2.45) is 0 Å². The molecule has 1 aliphatic rings. The smallest absolute Gasteiger partial charge is 0.407 e. The number of aromatic carboxylic acids is 1. The Hall–Kier alpha value is -3.61. The number of nitrogens with zero attached hydrogens (tertiary/aromatic N) is 2. The second kappa shape index (κ2) is 7.56. The van der Waals surface area contributed by atoms with Gasteiger partial charge in [-0.25, -0.2) is 9.59 Å². The first-order valence-electron chi connectivity index (χ1n) is 8.99. The average Bonchev–Trinajstić information content (AvgIpc) is 3.30. The quantitative estimate of drug-likeness (QED) is 0.688. The third-order valence-corrected chi connectivity index (χ3v) is 4.81. The van der Waals surface area contributed by atoms with Gasteiger partial charge in [0.15, 0.2) is 5.69 Å². The topological polar surface area (TPSA) is 93.5 Å². The molecule has 0 fully saturated rings. The highest BCUT2D eigenvalue weighted by Crippen LogP contribution is 2.44. The highest BCUT2D eigenvalue weighted by Gasteiger charge is 2.28. The lowest BCUT2D eigenvalue weighted by molar-refractivity contribution is 0.0689. The number of carboxylic acid groups (broad SMARTS) is 1. The zero-order valence-corrected chi connectivity index (χ0v) is 15.0. The van der Waals surface area contributed by atoms with Crippen LogP contribution in [-0.4, -0.2) is 40.1 Å². The molecule has 1 amide bonds. The molecule has 7 heteroatoms. The van der Waals surface area contributed by atoms with Crippen LogP contribution in [-0.2, 0) is 11.3 Å². The van der Waals surface area contributed by atoms with E-state index in [4.69, 9.17) is 9.84 Å². The van der Waals surface area contributed by atoms with E-state index in [0.717, 1.165) is 11.1 Å². The predicted octanol–water partition coefficient (Wildman–Crippen LogP) is 3.12. The highest BCUT2D eigenvalue weighted by molar-refractivity contribution is 5.85. The Bertz CT molecular complexity index is 982. The van der Waals surface area contributed by atoms with E-state index in [1.165, 1.54) is 21.9 Å². The van der Waals surface area contributed by atoms with Gasteiger partial charge in [0.1, 0.15) is 6.61 Å². The third kappa shape index (κ3) is 3.46. The first-order valence-corrected chi connectivity index (χ1v) is 8.99. The number of carbonyl (C=O) groups excluding carboxylic acids is 1. The van der Waals surface area contributed by atoms with Gasteiger partial charge in [0, 0.05) is 18.7 Å². The number of rotatable bonds is 6. The van der Waals surface area contributed by atoms with Crippen molar-refractivity contribution in [3.63, 3.8) is 0 Å². The van der Waals surface area contributed by atoms with E-state index in [1.54, 1.807) is 6.20 Å². The Kier molecular flexibility index (Phi) is 4.80. The summed E-state index contributed by atoms with van der Waals surface area (Å²) in [5, 5.41) is 15.4. The Morgan fingerprint density at radius 3 is 2.29 bits per heavy atom. The fourth-order valence-corrected chi connectivity index (χ4v) is 3.52. The van der Waals surface area contributed by atoms with Crippen molar-refractivity contribution in [1.82, 2.24) is 15.1 Å². The van der Waals surface area contributed by atoms with E-state index in [-0.39, 0.29) is 24.8 Å². The van der Waals surface area contributed by atoms with Crippen LogP contribution in [0.15, 0.2) is 60.8 Å². The van der Waals surface area contributed by atoms with Crippen LogP contribution in [0, 0.1) is 0 Å². The zero-order valence-electron chi connectivity index (χ0n) is 15.0. The van der Waals surface area contributed by atoms with Crippen LogP contribution >= 0.6 is 0 Å². The second-order valence-corrected chi connectivity index (χ2v) is 6.52. The van der Waals surface area contributed by atoms with Gasteiger partial charge >= 0.3 is 12.1 Å². The van der Waals surface area contributed by atoms with Gasteiger partial charge in [-0.05, 0) is 28.3 Å². The number of aromatic nitrogens is 2. The first kappa shape index (κ1) is 17.8. The number of hydrogen-bond donors (Lipinski definition) is 2. The molecule has 0 aliphatic heterocycles. The maximum atomic E-state index is 12.1. The Balaban J connectivity index is 1.33. The molecule has 3 aromatic rings. The second-order valence-electron chi connectivity index (χ2n) is 6.52. The number of fused-ring (bicyclic) bond motifs is 3. The molecule has 0 spiro atoms. The van der Waals surface area contributed by atoms with Crippen molar-refractivity contribution < 1.29 is 19.4 Å². The minimum atomic E-state index is -1.08. The summed E-state index contributed by atoms with van der Waals surface area (Å²) in [6, 6.07) is 17.7. The normalized spacial score (nSPS) is 12.3. The van der Waals surface area contributed by atoms with E-state index < -0.39 is 12.1 Å². The molecule has 2 N–H and O–H groups in total. The molecule has 1 heterocycles. The van der Waals surface area contributed by atoms with Gasteiger partial charge in [-0.2, -0.15) is 5.10 Å². The van der Waals surface area contributed by atoms with Crippen LogP contribution in [0.1, 0.15) is 27.5 Å². The third-order valence-electron chi connectivity index (χ3n) is 4.81. The molecule has 142 valence electrons. The molecule has 0 saturated heterocycles. The lowest BCUT2D eigenvalue weighted by Crippen LogP contribution is -2.29. The summed E-state index contributed by atoms with van der Waals surface area (Å²) >= 11 is 0. The van der Waals surface area contributed by atoms with E-state index in [1.807, 2.05) is 24.3 Å². The van der Waals surface area contributed by atoms with Crippen molar-refractivity contribution in [2.45, 2.75) is 12.5 Å². The van der Waals surface area contributed by atoms with Gasteiger partial charge in [-0.1, -0.05) is 48.5 Å². The van der Waals surface area contributed by atoms with Crippen molar-refractivity contribution in [3.8, 4) is 11.1 Å². The monoisotopic (exact) mass is 377 g/mol. The number of amides is 1. The van der Waals surface area contributed by atoms with Crippen LogP contribution in [0.2, 0.25) is 0 Å². The maximum Gasteiger partial charge on any atom is 0.407 e. The maximum absolute atomic E-state index is 12.1. The fraction of sp³-hybridized carbons (Fsp3) is 0.190. The number of carbonyl (C=O) groups is 2. The van der Waals surface area contributed by atoms with Crippen LogP contribution in [0.4, 0.5) is 4.79 Å². The molecule has 7 nitrogen and oxygen atoms in total. The largest absolute Gasteiger partial charge is 0.476 e. The average molecular weight is 377 g/mol. The number of hydrogen-bond acceptors (Lipinski definition) is 4. The Morgan fingerprint density at radius 1 is 1.04 bits per heavy atom. The summed E-state index contributed by atoms with van der Waals surface area (Å²) in [6.45, 7) is 0.902. The predicted molar refractivity (Wildman–Crippen MR) is 102 cm³/mol. The molecule has 1 aromatic heterocycles. The molecular formula is C21H19N3O4. The summed E-state index contributed by atoms with van der Waals surface area (Å²) in [7, 11) is 0.